The first-order chi connectivity index (χ1) is 5.84. The molecule has 2 unspecified atom stereocenters. The van der Waals surface area contributed by atoms with Crippen molar-refractivity contribution in [3.05, 3.63) is 0 Å². The second kappa shape index (κ2) is 3.50. The maximum atomic E-state index is 10.9. The summed E-state index contributed by atoms with van der Waals surface area (Å²) in [6.07, 6.45) is 2.12. The third-order valence-corrected chi connectivity index (χ3v) is 5.91. The molecule has 13 heavy (non-hydrogen) atoms. The van der Waals surface area contributed by atoms with Gasteiger partial charge in [0.2, 0.25) is 0 Å². The zero-order valence-electron chi connectivity index (χ0n) is 8.80. The molecule has 3 heteroatoms. The fourth-order valence-corrected chi connectivity index (χ4v) is 2.78. The van der Waals surface area contributed by atoms with Crippen LogP contribution in [0.1, 0.15) is 27.2 Å². The first kappa shape index (κ1) is 11.4. The molecule has 0 N–H and O–H groups in total. The van der Waals surface area contributed by atoms with Gasteiger partial charge in [0.15, 0.2) is 0 Å². The second-order valence-electron chi connectivity index (χ2n) is 4.59. The number of rotatable bonds is 1. The van der Waals surface area contributed by atoms with Gasteiger partial charge in [0.25, 0.3) is 0 Å². The highest BCUT2D eigenvalue weighted by molar-refractivity contribution is 14.1. The lowest BCUT2D eigenvalue weighted by Gasteiger charge is -2.53. The van der Waals surface area contributed by atoms with E-state index in [2.05, 4.69) is 55.3 Å². The highest BCUT2D eigenvalue weighted by Crippen LogP contribution is 2.45. The molecule has 0 saturated carbocycles. The summed E-state index contributed by atoms with van der Waals surface area (Å²) in [5, 5.41) is 0. The van der Waals surface area contributed by atoms with Crippen LogP contribution >= 0.6 is 22.6 Å². The van der Waals surface area contributed by atoms with Gasteiger partial charge in [-0.2, -0.15) is 0 Å². The first-order valence-electron chi connectivity index (χ1n) is 4.69. The monoisotopic (exact) mass is 295 g/mol. The van der Waals surface area contributed by atoms with Crippen LogP contribution in [-0.2, 0) is 4.79 Å². The Morgan fingerprint density at radius 2 is 2.00 bits per heavy atom. The van der Waals surface area contributed by atoms with E-state index in [1.165, 1.54) is 0 Å². The van der Waals surface area contributed by atoms with Crippen molar-refractivity contribution in [2.45, 2.75) is 36.2 Å². The number of hydrogen-bond acceptors (Lipinski definition) is 2. The fourth-order valence-electron chi connectivity index (χ4n) is 1.91. The van der Waals surface area contributed by atoms with E-state index in [1.54, 1.807) is 0 Å². The SMILES string of the molecule is CN1CCC(C=O)C(C)(I)C1(C)C. The van der Waals surface area contributed by atoms with Crippen molar-refractivity contribution < 1.29 is 4.79 Å². The number of nitrogens with zero attached hydrogens (tertiary/aromatic N) is 1. The minimum Gasteiger partial charge on any atom is -0.303 e. The maximum absolute atomic E-state index is 10.9. The number of carbonyl (C=O) groups is 1. The van der Waals surface area contributed by atoms with Gasteiger partial charge in [0, 0.05) is 14.9 Å². The number of aldehydes is 1. The average molecular weight is 295 g/mol. The Morgan fingerprint density at radius 1 is 1.46 bits per heavy atom. The van der Waals surface area contributed by atoms with E-state index in [1.807, 2.05) is 0 Å². The molecule has 0 aromatic rings. The normalized spacial score (nSPS) is 40.2. The molecule has 1 fully saturated rings. The predicted octanol–water partition coefficient (Wildman–Crippen LogP) is 2.11. The quantitative estimate of drug-likeness (QED) is 0.419. The first-order valence-corrected chi connectivity index (χ1v) is 5.77. The third kappa shape index (κ3) is 1.65. The van der Waals surface area contributed by atoms with Gasteiger partial charge >= 0.3 is 0 Å². The lowest BCUT2D eigenvalue weighted by atomic mass is 9.74. The Kier molecular flexibility index (Phi) is 3.08. The largest absolute Gasteiger partial charge is 0.303 e. The van der Waals surface area contributed by atoms with Crippen LogP contribution < -0.4 is 0 Å². The summed E-state index contributed by atoms with van der Waals surface area (Å²) < 4.78 is 0.0412. The van der Waals surface area contributed by atoms with Crippen molar-refractivity contribution in [2.24, 2.45) is 5.92 Å². The van der Waals surface area contributed by atoms with Gasteiger partial charge in [-0.05, 0) is 40.8 Å². The number of likely N-dealkylation sites (tertiary alicyclic amines) is 1. The van der Waals surface area contributed by atoms with Crippen LogP contribution in [0, 0.1) is 5.92 Å². The standard InChI is InChI=1S/C10H18INO/c1-9(2)10(3,11)8(7-13)5-6-12(9)4/h7-8H,5-6H2,1-4H3. The lowest BCUT2D eigenvalue weighted by Crippen LogP contribution is -2.62. The fraction of sp³-hybridized carbons (Fsp3) is 0.900. The molecule has 1 aliphatic rings. The van der Waals surface area contributed by atoms with Gasteiger partial charge in [0.1, 0.15) is 6.29 Å². The molecule has 0 bridgehead atoms. The summed E-state index contributed by atoms with van der Waals surface area (Å²) in [5.74, 6) is 0.194. The van der Waals surface area contributed by atoms with Crippen molar-refractivity contribution in [3.63, 3.8) is 0 Å². The molecular formula is C10H18INO. The molecule has 0 aromatic carbocycles. The van der Waals surface area contributed by atoms with Crippen molar-refractivity contribution in [3.8, 4) is 0 Å². The van der Waals surface area contributed by atoms with Gasteiger partial charge in [-0.15, -0.1) is 0 Å². The van der Waals surface area contributed by atoms with Crippen molar-refractivity contribution in [2.75, 3.05) is 13.6 Å². The molecule has 0 aromatic heterocycles. The van der Waals surface area contributed by atoms with E-state index in [-0.39, 0.29) is 14.9 Å². The molecule has 2 nitrogen and oxygen atoms in total. The van der Waals surface area contributed by atoms with Gasteiger partial charge in [-0.25, -0.2) is 0 Å². The van der Waals surface area contributed by atoms with Crippen LogP contribution in [0.4, 0.5) is 0 Å². The predicted molar refractivity (Wildman–Crippen MR) is 63.3 cm³/mol. The molecule has 0 radical (unpaired) electrons. The molecule has 2 atom stereocenters. The number of carbonyl (C=O) groups excluding carboxylic acids is 1. The zero-order valence-corrected chi connectivity index (χ0v) is 11.0. The molecular weight excluding hydrogens is 277 g/mol. The van der Waals surface area contributed by atoms with E-state index in [9.17, 15) is 4.79 Å². The molecule has 0 aliphatic carbocycles. The van der Waals surface area contributed by atoms with E-state index in [0.29, 0.717) is 0 Å². The Morgan fingerprint density at radius 3 is 2.46 bits per heavy atom. The van der Waals surface area contributed by atoms with E-state index in [4.69, 9.17) is 0 Å². The maximum Gasteiger partial charge on any atom is 0.124 e. The van der Waals surface area contributed by atoms with Crippen molar-refractivity contribution in [1.29, 1.82) is 0 Å². The number of alkyl halides is 1. The summed E-state index contributed by atoms with van der Waals surface area (Å²) in [7, 11) is 2.14. The highest BCUT2D eigenvalue weighted by atomic mass is 127. The smallest absolute Gasteiger partial charge is 0.124 e. The Labute approximate surface area is 94.2 Å². The van der Waals surface area contributed by atoms with E-state index >= 15 is 0 Å². The minimum absolute atomic E-state index is 0.0412. The second-order valence-corrected chi connectivity index (χ2v) is 6.83. The molecule has 1 saturated heterocycles. The van der Waals surface area contributed by atoms with Gasteiger partial charge < -0.3 is 4.79 Å². The number of hydrogen-bond donors (Lipinski definition) is 0. The van der Waals surface area contributed by atoms with E-state index < -0.39 is 0 Å². The molecule has 76 valence electrons. The molecule has 0 spiro atoms. The van der Waals surface area contributed by atoms with Crippen LogP contribution in [0.25, 0.3) is 0 Å². The summed E-state index contributed by atoms with van der Waals surface area (Å²) in [4.78, 5) is 13.3. The van der Waals surface area contributed by atoms with Gasteiger partial charge in [0.05, 0.1) is 0 Å². The Bertz CT molecular complexity index is 213. The van der Waals surface area contributed by atoms with E-state index in [0.717, 1.165) is 19.3 Å². The van der Waals surface area contributed by atoms with Crippen LogP contribution in [0.5, 0.6) is 0 Å². The zero-order chi connectivity index (χ0) is 10.3. The highest BCUT2D eigenvalue weighted by Gasteiger charge is 2.50. The van der Waals surface area contributed by atoms with Crippen LogP contribution in [0.2, 0.25) is 0 Å². The summed E-state index contributed by atoms with van der Waals surface area (Å²) in [6, 6.07) is 0. The third-order valence-electron chi connectivity index (χ3n) is 3.79. The van der Waals surface area contributed by atoms with Crippen LogP contribution in [-0.4, -0.2) is 33.7 Å². The molecule has 0 amide bonds. The topological polar surface area (TPSA) is 20.3 Å². The lowest BCUT2D eigenvalue weighted by molar-refractivity contribution is -0.115. The summed E-state index contributed by atoms with van der Waals surface area (Å²) >= 11 is 2.44. The van der Waals surface area contributed by atoms with Gasteiger partial charge in [-0.1, -0.05) is 22.6 Å². The minimum atomic E-state index is 0.0412. The van der Waals surface area contributed by atoms with Crippen LogP contribution in [0.3, 0.4) is 0 Å². The van der Waals surface area contributed by atoms with Crippen LogP contribution in [0.15, 0.2) is 0 Å². The number of piperidine rings is 1. The van der Waals surface area contributed by atoms with Crippen molar-refractivity contribution >= 4 is 28.9 Å². The average Bonchev–Trinajstić information content (AvgIpc) is 2.02. The number of halogens is 1. The summed E-state index contributed by atoms with van der Waals surface area (Å²) in [5.41, 5.74) is 0.0946. The summed E-state index contributed by atoms with van der Waals surface area (Å²) in [6.45, 7) is 7.64. The Hall–Kier alpha value is 0.360. The molecule has 1 aliphatic heterocycles. The van der Waals surface area contributed by atoms with Gasteiger partial charge in [-0.3, -0.25) is 4.90 Å². The van der Waals surface area contributed by atoms with Crippen molar-refractivity contribution in [1.82, 2.24) is 4.90 Å². The molecule has 1 heterocycles. The molecule has 1 rings (SSSR count). The Balaban J connectivity index is 2.98.